The smallest absolute Gasteiger partial charge is 0.267 e. The Labute approximate surface area is 164 Å². The van der Waals surface area contributed by atoms with E-state index in [0.29, 0.717) is 18.8 Å². The number of nitrogens with one attached hydrogen (secondary N) is 1. The number of sulfonamides is 1. The number of benzene rings is 1. The first-order valence-corrected chi connectivity index (χ1v) is 11.5. The van der Waals surface area contributed by atoms with E-state index < -0.39 is 15.9 Å². The van der Waals surface area contributed by atoms with E-state index >= 15 is 0 Å². The van der Waals surface area contributed by atoms with Crippen molar-refractivity contribution in [3.05, 3.63) is 40.6 Å². The molecular weight excluding hydrogens is 382 g/mol. The maximum atomic E-state index is 12.8. The summed E-state index contributed by atoms with van der Waals surface area (Å²) >= 11 is 1.15. The first-order chi connectivity index (χ1) is 13.0. The second-order valence-corrected chi connectivity index (χ2v) is 9.22. The zero-order chi connectivity index (χ0) is 19.4. The summed E-state index contributed by atoms with van der Waals surface area (Å²) in [5.41, 5.74) is 1.74. The molecule has 2 heterocycles. The molecule has 1 aromatic heterocycles. The van der Waals surface area contributed by atoms with Gasteiger partial charge in [-0.3, -0.25) is 4.79 Å². The predicted octanol–water partition coefficient (Wildman–Crippen LogP) is 3.63. The minimum atomic E-state index is -3.61. The average molecular weight is 408 g/mol. The Balaban J connectivity index is 1.77. The van der Waals surface area contributed by atoms with Gasteiger partial charge in [0.15, 0.2) is 0 Å². The molecule has 1 aliphatic heterocycles. The summed E-state index contributed by atoms with van der Waals surface area (Å²) in [4.78, 5) is 15.2. The monoisotopic (exact) mass is 407 g/mol. The van der Waals surface area contributed by atoms with E-state index in [4.69, 9.17) is 0 Å². The minimum Gasteiger partial charge on any atom is -0.372 e. The summed E-state index contributed by atoms with van der Waals surface area (Å²) in [6.07, 6.45) is 1.73. The molecule has 8 heteroatoms. The first-order valence-electron chi connectivity index (χ1n) is 9.21. The summed E-state index contributed by atoms with van der Waals surface area (Å²) in [6, 6.07) is 9.12. The number of hydrogen-bond donors (Lipinski definition) is 1. The molecule has 3 rings (SSSR count). The molecule has 0 radical (unpaired) electrons. The zero-order valence-electron chi connectivity index (χ0n) is 15.6. The van der Waals surface area contributed by atoms with Crippen molar-refractivity contribution in [2.75, 3.05) is 36.4 Å². The molecule has 2 aromatic rings. The average Bonchev–Trinajstić information content (AvgIpc) is 3.36. The van der Waals surface area contributed by atoms with Gasteiger partial charge >= 0.3 is 0 Å². The SMILES string of the molecule is CCN(CC)c1ccc(NC(=O)c2sccc2S(=O)(=O)N2CCCC2)cc1. The molecule has 0 bridgehead atoms. The summed E-state index contributed by atoms with van der Waals surface area (Å²) in [7, 11) is -3.61. The highest BCUT2D eigenvalue weighted by atomic mass is 32.2. The molecule has 1 fully saturated rings. The van der Waals surface area contributed by atoms with E-state index in [1.807, 2.05) is 24.3 Å². The lowest BCUT2D eigenvalue weighted by molar-refractivity contribution is 0.102. The Bertz CT molecular complexity index is 881. The van der Waals surface area contributed by atoms with Crippen molar-refractivity contribution in [1.29, 1.82) is 0 Å². The fourth-order valence-corrected chi connectivity index (χ4v) is 6.08. The molecule has 0 spiro atoms. The highest BCUT2D eigenvalue weighted by Crippen LogP contribution is 2.28. The van der Waals surface area contributed by atoms with Crippen LogP contribution in [0.3, 0.4) is 0 Å². The minimum absolute atomic E-state index is 0.103. The quantitative estimate of drug-likeness (QED) is 0.761. The number of carbonyl (C=O) groups excluding carboxylic acids is 1. The van der Waals surface area contributed by atoms with Crippen molar-refractivity contribution in [3.8, 4) is 0 Å². The molecule has 1 aliphatic rings. The summed E-state index contributed by atoms with van der Waals surface area (Å²) in [5, 5.41) is 4.47. The summed E-state index contributed by atoms with van der Waals surface area (Å²) in [5.74, 6) is -0.390. The van der Waals surface area contributed by atoms with Crippen LogP contribution in [0.1, 0.15) is 36.4 Å². The number of amides is 1. The predicted molar refractivity (Wildman–Crippen MR) is 110 cm³/mol. The first kappa shape index (κ1) is 19.9. The lowest BCUT2D eigenvalue weighted by atomic mass is 10.2. The molecule has 0 saturated carbocycles. The third kappa shape index (κ3) is 4.17. The molecule has 0 unspecified atom stereocenters. The maximum Gasteiger partial charge on any atom is 0.267 e. The van der Waals surface area contributed by atoms with Crippen LogP contribution in [0.15, 0.2) is 40.6 Å². The van der Waals surface area contributed by atoms with Crippen LogP contribution in [0.2, 0.25) is 0 Å². The number of thiophene rings is 1. The van der Waals surface area contributed by atoms with Gasteiger partial charge in [0.05, 0.1) is 0 Å². The van der Waals surface area contributed by atoms with Crippen molar-refractivity contribution >= 4 is 38.6 Å². The van der Waals surface area contributed by atoms with Gasteiger partial charge in [-0.25, -0.2) is 8.42 Å². The molecule has 0 aliphatic carbocycles. The van der Waals surface area contributed by atoms with Gasteiger partial charge in [0, 0.05) is 37.6 Å². The standard InChI is InChI=1S/C19H25N3O3S2/c1-3-21(4-2)16-9-7-15(8-10-16)20-19(23)18-17(11-14-26-18)27(24,25)22-12-5-6-13-22/h7-11,14H,3-6,12-13H2,1-2H3,(H,20,23). The lowest BCUT2D eigenvalue weighted by Crippen LogP contribution is -2.29. The van der Waals surface area contributed by atoms with Crippen LogP contribution in [-0.2, 0) is 10.0 Å². The number of carbonyl (C=O) groups is 1. The Morgan fingerprint density at radius 3 is 2.33 bits per heavy atom. The largest absolute Gasteiger partial charge is 0.372 e. The molecule has 1 saturated heterocycles. The summed E-state index contributed by atoms with van der Waals surface area (Å²) in [6.45, 7) is 7.05. The number of hydrogen-bond acceptors (Lipinski definition) is 5. The highest BCUT2D eigenvalue weighted by Gasteiger charge is 2.31. The van der Waals surface area contributed by atoms with Crippen LogP contribution in [0, 0.1) is 0 Å². The van der Waals surface area contributed by atoms with Gasteiger partial charge in [0.2, 0.25) is 10.0 Å². The van der Waals surface area contributed by atoms with Crippen molar-refractivity contribution < 1.29 is 13.2 Å². The second kappa shape index (κ2) is 8.41. The van der Waals surface area contributed by atoms with Gasteiger partial charge in [-0.05, 0) is 62.4 Å². The van der Waals surface area contributed by atoms with Gasteiger partial charge in [0.25, 0.3) is 5.91 Å². The van der Waals surface area contributed by atoms with Gasteiger partial charge in [-0.2, -0.15) is 4.31 Å². The molecule has 0 atom stereocenters. The third-order valence-corrected chi connectivity index (χ3v) is 7.76. The Morgan fingerprint density at radius 1 is 1.11 bits per heavy atom. The van der Waals surface area contributed by atoms with Gasteiger partial charge in [0.1, 0.15) is 9.77 Å². The Hall–Kier alpha value is -1.90. The molecule has 1 amide bonds. The van der Waals surface area contributed by atoms with Gasteiger partial charge in [-0.15, -0.1) is 11.3 Å². The zero-order valence-corrected chi connectivity index (χ0v) is 17.3. The fraction of sp³-hybridized carbons (Fsp3) is 0.421. The Kier molecular flexibility index (Phi) is 6.18. The van der Waals surface area contributed by atoms with E-state index in [2.05, 4.69) is 24.1 Å². The van der Waals surface area contributed by atoms with E-state index in [1.165, 1.54) is 10.4 Å². The molecular formula is C19H25N3O3S2. The van der Waals surface area contributed by atoms with Crippen LogP contribution in [-0.4, -0.2) is 44.8 Å². The van der Waals surface area contributed by atoms with Gasteiger partial charge < -0.3 is 10.2 Å². The van der Waals surface area contributed by atoms with E-state index in [0.717, 1.165) is 43.0 Å². The van der Waals surface area contributed by atoms with E-state index in [1.54, 1.807) is 5.38 Å². The number of anilines is 2. The molecule has 27 heavy (non-hydrogen) atoms. The molecule has 1 N–H and O–H groups in total. The number of rotatable bonds is 7. The van der Waals surface area contributed by atoms with Crippen molar-refractivity contribution in [2.24, 2.45) is 0 Å². The highest BCUT2D eigenvalue weighted by molar-refractivity contribution is 7.89. The van der Waals surface area contributed by atoms with Crippen LogP contribution < -0.4 is 10.2 Å². The second-order valence-electron chi connectivity index (χ2n) is 6.40. The fourth-order valence-electron chi connectivity index (χ4n) is 3.27. The number of nitrogens with zero attached hydrogens (tertiary/aromatic N) is 2. The lowest BCUT2D eigenvalue weighted by Gasteiger charge is -2.21. The normalized spacial score (nSPS) is 15.0. The van der Waals surface area contributed by atoms with Crippen molar-refractivity contribution in [3.63, 3.8) is 0 Å². The van der Waals surface area contributed by atoms with Crippen LogP contribution in [0.5, 0.6) is 0 Å². The van der Waals surface area contributed by atoms with E-state index in [-0.39, 0.29) is 9.77 Å². The van der Waals surface area contributed by atoms with Crippen LogP contribution in [0.4, 0.5) is 11.4 Å². The third-order valence-electron chi connectivity index (χ3n) is 4.77. The molecule has 1 aromatic carbocycles. The maximum absolute atomic E-state index is 12.8. The van der Waals surface area contributed by atoms with Crippen LogP contribution >= 0.6 is 11.3 Å². The van der Waals surface area contributed by atoms with Crippen LogP contribution in [0.25, 0.3) is 0 Å². The van der Waals surface area contributed by atoms with Crippen molar-refractivity contribution in [2.45, 2.75) is 31.6 Å². The van der Waals surface area contributed by atoms with E-state index in [9.17, 15) is 13.2 Å². The molecule has 6 nitrogen and oxygen atoms in total. The topological polar surface area (TPSA) is 69.7 Å². The Morgan fingerprint density at radius 2 is 1.74 bits per heavy atom. The van der Waals surface area contributed by atoms with Gasteiger partial charge in [-0.1, -0.05) is 0 Å². The molecule has 146 valence electrons. The van der Waals surface area contributed by atoms with Crippen molar-refractivity contribution in [1.82, 2.24) is 4.31 Å². The summed E-state index contributed by atoms with van der Waals surface area (Å²) < 4.78 is 27.1.